The maximum absolute atomic E-state index is 11.1. The van der Waals surface area contributed by atoms with Crippen LogP contribution in [0.25, 0.3) is 0 Å². The summed E-state index contributed by atoms with van der Waals surface area (Å²) >= 11 is 0. The molecule has 0 radical (unpaired) electrons. The summed E-state index contributed by atoms with van der Waals surface area (Å²) in [4.78, 5) is 15.5. The van der Waals surface area contributed by atoms with Crippen molar-refractivity contribution in [3.8, 4) is 5.75 Å². The van der Waals surface area contributed by atoms with Crippen LogP contribution in [0.3, 0.4) is 0 Å². The Balaban J connectivity index is 1.57. The Kier molecular flexibility index (Phi) is 5.63. The molecule has 1 fully saturated rings. The number of benzene rings is 2. The smallest absolute Gasteiger partial charge is 0.273 e. The van der Waals surface area contributed by atoms with Crippen LogP contribution < -0.4 is 4.74 Å². The molecule has 25 heavy (non-hydrogen) atoms. The second-order valence-electron chi connectivity index (χ2n) is 6.25. The molecule has 0 aromatic heterocycles. The van der Waals surface area contributed by atoms with E-state index in [1.165, 1.54) is 5.56 Å². The van der Waals surface area contributed by atoms with Crippen molar-refractivity contribution in [2.45, 2.75) is 13.1 Å². The minimum Gasteiger partial charge on any atom is -0.496 e. The van der Waals surface area contributed by atoms with E-state index in [1.807, 2.05) is 30.3 Å². The topological polar surface area (TPSA) is 58.8 Å². The number of piperazine rings is 1. The summed E-state index contributed by atoms with van der Waals surface area (Å²) < 4.78 is 5.42. The molecule has 0 aliphatic carbocycles. The molecule has 1 heterocycles. The van der Waals surface area contributed by atoms with Crippen LogP contribution in [-0.2, 0) is 13.1 Å². The van der Waals surface area contributed by atoms with Crippen LogP contribution in [0.2, 0.25) is 0 Å². The van der Waals surface area contributed by atoms with Gasteiger partial charge in [0, 0.05) is 56.5 Å². The first kappa shape index (κ1) is 17.4. The molecule has 0 N–H and O–H groups in total. The Bertz CT molecular complexity index is 727. The van der Waals surface area contributed by atoms with Crippen LogP contribution in [0.15, 0.2) is 48.5 Å². The van der Waals surface area contributed by atoms with Gasteiger partial charge in [0.25, 0.3) is 5.69 Å². The zero-order valence-electron chi connectivity index (χ0n) is 14.4. The average molecular weight is 341 g/mol. The molecule has 6 heteroatoms. The molecule has 0 saturated carbocycles. The number of para-hydroxylation sites is 2. The molecule has 0 amide bonds. The van der Waals surface area contributed by atoms with Crippen molar-refractivity contribution >= 4 is 5.69 Å². The fourth-order valence-electron chi connectivity index (χ4n) is 3.24. The van der Waals surface area contributed by atoms with E-state index in [1.54, 1.807) is 19.2 Å². The molecule has 1 saturated heterocycles. The number of methoxy groups -OCH3 is 1. The molecule has 3 rings (SSSR count). The molecule has 0 bridgehead atoms. The predicted octanol–water partition coefficient (Wildman–Crippen LogP) is 2.92. The van der Waals surface area contributed by atoms with E-state index in [0.717, 1.165) is 44.0 Å². The van der Waals surface area contributed by atoms with Crippen molar-refractivity contribution < 1.29 is 9.66 Å². The summed E-state index contributed by atoms with van der Waals surface area (Å²) in [5, 5.41) is 11.1. The molecular weight excluding hydrogens is 318 g/mol. The van der Waals surface area contributed by atoms with Gasteiger partial charge in [0.15, 0.2) is 0 Å². The van der Waals surface area contributed by atoms with Crippen molar-refractivity contribution in [2.75, 3.05) is 33.3 Å². The van der Waals surface area contributed by atoms with Gasteiger partial charge in [-0.2, -0.15) is 0 Å². The maximum atomic E-state index is 11.1. The summed E-state index contributed by atoms with van der Waals surface area (Å²) in [6.45, 7) is 5.18. The van der Waals surface area contributed by atoms with Crippen molar-refractivity contribution in [3.63, 3.8) is 0 Å². The predicted molar refractivity (Wildman–Crippen MR) is 96.6 cm³/mol. The Morgan fingerprint density at radius 3 is 2.04 bits per heavy atom. The highest BCUT2D eigenvalue weighted by Crippen LogP contribution is 2.22. The Morgan fingerprint density at radius 2 is 1.44 bits per heavy atom. The zero-order valence-corrected chi connectivity index (χ0v) is 14.4. The highest BCUT2D eigenvalue weighted by Gasteiger charge is 2.21. The molecule has 0 atom stereocenters. The molecule has 6 nitrogen and oxygen atoms in total. The monoisotopic (exact) mass is 341 g/mol. The number of nitro groups is 1. The van der Waals surface area contributed by atoms with Crippen LogP contribution in [0.5, 0.6) is 5.75 Å². The molecular formula is C19H23N3O3. The number of nitrogens with zero attached hydrogens (tertiary/aromatic N) is 3. The van der Waals surface area contributed by atoms with E-state index in [9.17, 15) is 10.1 Å². The van der Waals surface area contributed by atoms with Crippen LogP contribution in [-0.4, -0.2) is 48.0 Å². The molecule has 2 aromatic rings. The third kappa shape index (κ3) is 4.35. The number of ether oxygens (including phenoxy) is 1. The van der Waals surface area contributed by atoms with Gasteiger partial charge in [0.2, 0.25) is 0 Å². The minimum atomic E-state index is -0.298. The van der Waals surface area contributed by atoms with Crippen molar-refractivity contribution in [1.29, 1.82) is 0 Å². The van der Waals surface area contributed by atoms with Gasteiger partial charge in [-0.15, -0.1) is 0 Å². The van der Waals surface area contributed by atoms with E-state index in [0.29, 0.717) is 6.54 Å². The highest BCUT2D eigenvalue weighted by molar-refractivity contribution is 5.39. The van der Waals surface area contributed by atoms with Gasteiger partial charge in [-0.05, 0) is 6.07 Å². The van der Waals surface area contributed by atoms with Crippen molar-refractivity contribution in [1.82, 2.24) is 9.80 Å². The maximum Gasteiger partial charge on any atom is 0.273 e. The largest absolute Gasteiger partial charge is 0.496 e. The normalized spacial score (nSPS) is 15.9. The fourth-order valence-corrected chi connectivity index (χ4v) is 3.24. The van der Waals surface area contributed by atoms with Crippen LogP contribution in [0.4, 0.5) is 5.69 Å². The van der Waals surface area contributed by atoms with Crippen molar-refractivity contribution in [3.05, 3.63) is 69.8 Å². The summed E-state index contributed by atoms with van der Waals surface area (Å²) in [5.41, 5.74) is 2.18. The average Bonchev–Trinajstić information content (AvgIpc) is 2.64. The van der Waals surface area contributed by atoms with Crippen LogP contribution >= 0.6 is 0 Å². The third-order valence-electron chi connectivity index (χ3n) is 4.63. The number of hydrogen-bond donors (Lipinski definition) is 0. The molecule has 0 spiro atoms. The second kappa shape index (κ2) is 8.09. The van der Waals surface area contributed by atoms with E-state index in [4.69, 9.17) is 4.74 Å². The molecule has 1 aliphatic rings. The van der Waals surface area contributed by atoms with Gasteiger partial charge in [-0.1, -0.05) is 36.4 Å². The van der Waals surface area contributed by atoms with Gasteiger partial charge in [0.05, 0.1) is 12.0 Å². The second-order valence-corrected chi connectivity index (χ2v) is 6.25. The van der Waals surface area contributed by atoms with E-state index in [-0.39, 0.29) is 10.6 Å². The lowest BCUT2D eigenvalue weighted by Crippen LogP contribution is -2.45. The molecule has 132 valence electrons. The first-order valence-corrected chi connectivity index (χ1v) is 8.46. The summed E-state index contributed by atoms with van der Waals surface area (Å²) in [7, 11) is 1.70. The van der Waals surface area contributed by atoms with E-state index < -0.39 is 0 Å². The molecule has 0 unspecified atom stereocenters. The van der Waals surface area contributed by atoms with Gasteiger partial charge in [0.1, 0.15) is 5.75 Å². The van der Waals surface area contributed by atoms with Gasteiger partial charge in [-0.25, -0.2) is 0 Å². The van der Waals surface area contributed by atoms with Gasteiger partial charge >= 0.3 is 0 Å². The van der Waals surface area contributed by atoms with Gasteiger partial charge < -0.3 is 4.74 Å². The lowest BCUT2D eigenvalue weighted by Gasteiger charge is -2.34. The number of nitro benzene ring substituents is 1. The summed E-state index contributed by atoms with van der Waals surface area (Å²) in [5.74, 6) is 0.921. The SMILES string of the molecule is COc1ccccc1CN1CCN(Cc2ccccc2[N+](=O)[O-])CC1. The molecule has 1 aliphatic heterocycles. The quantitative estimate of drug-likeness (QED) is 0.597. The first-order chi connectivity index (χ1) is 12.2. The Hall–Kier alpha value is -2.44. The Labute approximate surface area is 147 Å². The molecule has 2 aromatic carbocycles. The summed E-state index contributed by atoms with van der Waals surface area (Å²) in [6, 6.07) is 15.1. The van der Waals surface area contributed by atoms with Gasteiger partial charge in [-0.3, -0.25) is 19.9 Å². The highest BCUT2D eigenvalue weighted by atomic mass is 16.6. The minimum absolute atomic E-state index is 0.207. The van der Waals surface area contributed by atoms with Crippen LogP contribution in [0.1, 0.15) is 11.1 Å². The van der Waals surface area contributed by atoms with E-state index >= 15 is 0 Å². The Morgan fingerprint density at radius 1 is 0.920 bits per heavy atom. The lowest BCUT2D eigenvalue weighted by molar-refractivity contribution is -0.385. The summed E-state index contributed by atoms with van der Waals surface area (Å²) in [6.07, 6.45) is 0. The van der Waals surface area contributed by atoms with Crippen LogP contribution in [0, 0.1) is 10.1 Å². The standard InChI is InChI=1S/C19H23N3O3/c1-25-19-9-5-3-7-17(19)15-21-12-10-20(11-13-21)14-16-6-2-4-8-18(16)22(23)24/h2-9H,10-15H2,1H3. The van der Waals surface area contributed by atoms with E-state index in [2.05, 4.69) is 15.9 Å². The number of hydrogen-bond acceptors (Lipinski definition) is 5. The lowest BCUT2D eigenvalue weighted by atomic mass is 10.1. The number of rotatable bonds is 6. The fraction of sp³-hybridized carbons (Fsp3) is 0.368. The third-order valence-corrected chi connectivity index (χ3v) is 4.63. The van der Waals surface area contributed by atoms with Crippen molar-refractivity contribution in [2.24, 2.45) is 0 Å². The zero-order chi connectivity index (χ0) is 17.6. The first-order valence-electron chi connectivity index (χ1n) is 8.46.